The average Bonchev–Trinajstić information content (AvgIpc) is 2.56. The van der Waals surface area contributed by atoms with E-state index in [0.717, 1.165) is 0 Å². The molecule has 0 saturated heterocycles. The third-order valence-corrected chi connectivity index (χ3v) is 2.97. The van der Waals surface area contributed by atoms with Gasteiger partial charge in [0.2, 0.25) is 5.91 Å². The molecule has 0 fully saturated rings. The van der Waals surface area contributed by atoms with Crippen LogP contribution in [0.25, 0.3) is 0 Å². The van der Waals surface area contributed by atoms with Gasteiger partial charge in [-0.25, -0.2) is 0 Å². The highest BCUT2D eigenvalue weighted by atomic mass is 32.1. The molecular formula is C8H11N3OS2. The largest absolute Gasteiger partial charge is 0.392 e. The molecular weight excluding hydrogens is 218 g/mol. The molecule has 1 aromatic heterocycles. The van der Waals surface area contributed by atoms with Crippen LogP contribution < -0.4 is 11.1 Å². The fourth-order valence-electron chi connectivity index (χ4n) is 0.666. The van der Waals surface area contributed by atoms with Gasteiger partial charge in [-0.2, -0.15) is 4.37 Å². The minimum atomic E-state index is -0.836. The number of anilines is 1. The van der Waals surface area contributed by atoms with Crippen molar-refractivity contribution in [1.29, 1.82) is 0 Å². The topological polar surface area (TPSA) is 68.0 Å². The van der Waals surface area contributed by atoms with Crippen molar-refractivity contribution in [3.63, 3.8) is 0 Å². The Morgan fingerprint density at radius 3 is 2.79 bits per heavy atom. The average molecular weight is 229 g/mol. The van der Waals surface area contributed by atoms with Gasteiger partial charge in [-0.15, -0.1) is 0 Å². The zero-order valence-corrected chi connectivity index (χ0v) is 9.54. The molecule has 0 aliphatic heterocycles. The summed E-state index contributed by atoms with van der Waals surface area (Å²) in [6, 6.07) is 0. The van der Waals surface area contributed by atoms with E-state index in [1.807, 2.05) is 0 Å². The first-order valence-electron chi connectivity index (χ1n) is 3.95. The summed E-state index contributed by atoms with van der Waals surface area (Å²) in [6.07, 6.45) is 1.58. The van der Waals surface area contributed by atoms with Crippen LogP contribution in [0.1, 0.15) is 13.8 Å². The van der Waals surface area contributed by atoms with E-state index in [9.17, 15) is 4.79 Å². The van der Waals surface area contributed by atoms with Crippen LogP contribution in [0, 0.1) is 5.41 Å². The zero-order chi connectivity index (χ0) is 10.8. The Labute approximate surface area is 91.7 Å². The van der Waals surface area contributed by atoms with Gasteiger partial charge in [0.05, 0.1) is 22.3 Å². The van der Waals surface area contributed by atoms with E-state index < -0.39 is 5.41 Å². The number of hydrogen-bond donors (Lipinski definition) is 2. The SMILES string of the molecule is CC(C)(C(=O)Nc1cnsc1)C(N)=S. The van der Waals surface area contributed by atoms with E-state index in [4.69, 9.17) is 18.0 Å². The number of hydrogen-bond acceptors (Lipinski definition) is 4. The molecule has 4 nitrogen and oxygen atoms in total. The zero-order valence-electron chi connectivity index (χ0n) is 7.90. The number of amides is 1. The molecule has 14 heavy (non-hydrogen) atoms. The maximum absolute atomic E-state index is 11.7. The first-order chi connectivity index (χ1) is 6.44. The molecule has 1 heterocycles. The summed E-state index contributed by atoms with van der Waals surface area (Å²) in [7, 11) is 0. The predicted octanol–water partition coefficient (Wildman–Crippen LogP) is 1.39. The van der Waals surface area contributed by atoms with Crippen LogP contribution in [0.5, 0.6) is 0 Å². The summed E-state index contributed by atoms with van der Waals surface area (Å²) < 4.78 is 3.86. The lowest BCUT2D eigenvalue weighted by molar-refractivity contribution is -0.121. The molecule has 0 atom stereocenters. The summed E-state index contributed by atoms with van der Waals surface area (Å²) in [5, 5.41) is 4.43. The minimum absolute atomic E-state index is 0.179. The van der Waals surface area contributed by atoms with Crippen molar-refractivity contribution >= 4 is 40.3 Å². The van der Waals surface area contributed by atoms with Crippen molar-refractivity contribution < 1.29 is 4.79 Å². The number of nitrogens with two attached hydrogens (primary N) is 1. The van der Waals surface area contributed by atoms with Crippen molar-refractivity contribution in [1.82, 2.24) is 4.37 Å². The van der Waals surface area contributed by atoms with Gasteiger partial charge in [-0.3, -0.25) is 4.79 Å². The maximum atomic E-state index is 11.7. The fraction of sp³-hybridized carbons (Fsp3) is 0.375. The molecule has 1 aromatic rings. The quantitative estimate of drug-likeness (QED) is 0.769. The van der Waals surface area contributed by atoms with Gasteiger partial charge in [-0.1, -0.05) is 12.2 Å². The van der Waals surface area contributed by atoms with Gasteiger partial charge in [-0.05, 0) is 25.4 Å². The highest BCUT2D eigenvalue weighted by Crippen LogP contribution is 2.19. The van der Waals surface area contributed by atoms with Crippen LogP contribution in [0.4, 0.5) is 5.69 Å². The lowest BCUT2D eigenvalue weighted by Crippen LogP contribution is -2.41. The van der Waals surface area contributed by atoms with Crippen molar-refractivity contribution in [2.24, 2.45) is 11.1 Å². The molecule has 3 N–H and O–H groups in total. The Kier molecular flexibility index (Phi) is 3.17. The van der Waals surface area contributed by atoms with Crippen LogP contribution in [0.15, 0.2) is 11.6 Å². The van der Waals surface area contributed by atoms with Crippen molar-refractivity contribution in [3.8, 4) is 0 Å². The molecule has 0 aromatic carbocycles. The number of nitrogens with one attached hydrogen (secondary N) is 1. The van der Waals surface area contributed by atoms with E-state index in [1.54, 1.807) is 25.4 Å². The third kappa shape index (κ3) is 2.27. The van der Waals surface area contributed by atoms with Crippen LogP contribution in [-0.4, -0.2) is 15.3 Å². The normalized spacial score (nSPS) is 11.0. The highest BCUT2D eigenvalue weighted by molar-refractivity contribution is 7.80. The molecule has 0 bridgehead atoms. The molecule has 1 amide bonds. The molecule has 0 aliphatic carbocycles. The van der Waals surface area contributed by atoms with E-state index in [2.05, 4.69) is 9.69 Å². The smallest absolute Gasteiger partial charge is 0.236 e. The second kappa shape index (κ2) is 4.02. The number of nitrogens with zero attached hydrogens (tertiary/aromatic N) is 1. The molecule has 0 spiro atoms. The van der Waals surface area contributed by atoms with Crippen LogP contribution in [0.3, 0.4) is 0 Å². The standard InChI is InChI=1S/C8H11N3OS2/c1-8(2,6(9)13)7(12)11-5-3-10-14-4-5/h3-4H,1-2H3,(H2,9,13)(H,11,12). The van der Waals surface area contributed by atoms with Crippen molar-refractivity contribution in [2.45, 2.75) is 13.8 Å². The number of carbonyl (C=O) groups is 1. The van der Waals surface area contributed by atoms with Gasteiger partial charge in [0, 0.05) is 5.38 Å². The minimum Gasteiger partial charge on any atom is -0.392 e. The molecule has 0 unspecified atom stereocenters. The Morgan fingerprint density at radius 1 is 1.71 bits per heavy atom. The van der Waals surface area contributed by atoms with E-state index in [1.165, 1.54) is 11.5 Å². The lowest BCUT2D eigenvalue weighted by Gasteiger charge is -2.21. The lowest BCUT2D eigenvalue weighted by atomic mass is 9.92. The Morgan fingerprint density at radius 2 is 2.36 bits per heavy atom. The van der Waals surface area contributed by atoms with Crippen LogP contribution in [-0.2, 0) is 4.79 Å². The van der Waals surface area contributed by atoms with Crippen LogP contribution >= 0.6 is 23.8 Å². The molecule has 6 heteroatoms. The van der Waals surface area contributed by atoms with Crippen molar-refractivity contribution in [2.75, 3.05) is 5.32 Å². The van der Waals surface area contributed by atoms with Crippen molar-refractivity contribution in [3.05, 3.63) is 11.6 Å². The van der Waals surface area contributed by atoms with E-state index in [0.29, 0.717) is 5.69 Å². The highest BCUT2D eigenvalue weighted by Gasteiger charge is 2.30. The van der Waals surface area contributed by atoms with Gasteiger partial charge >= 0.3 is 0 Å². The fourth-order valence-corrected chi connectivity index (χ4v) is 1.23. The molecule has 1 rings (SSSR count). The monoisotopic (exact) mass is 229 g/mol. The summed E-state index contributed by atoms with van der Waals surface area (Å²) in [4.78, 5) is 11.9. The number of rotatable bonds is 3. The first kappa shape index (κ1) is 11.1. The van der Waals surface area contributed by atoms with Gasteiger partial charge in [0.15, 0.2) is 0 Å². The second-order valence-corrected chi connectivity index (χ2v) is 4.45. The Hall–Kier alpha value is -1.01. The summed E-state index contributed by atoms with van der Waals surface area (Å²) in [5.74, 6) is -0.217. The maximum Gasteiger partial charge on any atom is 0.236 e. The Bertz CT molecular complexity index is 345. The molecule has 0 aliphatic rings. The Balaban J connectivity index is 2.72. The van der Waals surface area contributed by atoms with E-state index >= 15 is 0 Å². The van der Waals surface area contributed by atoms with Gasteiger partial charge in [0.25, 0.3) is 0 Å². The predicted molar refractivity (Wildman–Crippen MR) is 61.3 cm³/mol. The third-order valence-electron chi connectivity index (χ3n) is 1.87. The van der Waals surface area contributed by atoms with Gasteiger partial charge < -0.3 is 11.1 Å². The summed E-state index contributed by atoms with van der Waals surface area (Å²) in [5.41, 5.74) is 5.29. The molecule has 76 valence electrons. The molecule has 0 saturated carbocycles. The number of carbonyl (C=O) groups excluding carboxylic acids is 1. The summed E-state index contributed by atoms with van der Waals surface area (Å²) in [6.45, 7) is 3.37. The number of thiocarbonyl (C=S) groups is 1. The van der Waals surface area contributed by atoms with Crippen LogP contribution in [0.2, 0.25) is 0 Å². The number of aromatic nitrogens is 1. The second-order valence-electron chi connectivity index (χ2n) is 3.36. The first-order valence-corrected chi connectivity index (χ1v) is 5.20. The molecule has 0 radical (unpaired) electrons. The summed E-state index contributed by atoms with van der Waals surface area (Å²) >= 11 is 6.08. The van der Waals surface area contributed by atoms with Gasteiger partial charge in [0.1, 0.15) is 0 Å². The van der Waals surface area contributed by atoms with E-state index in [-0.39, 0.29) is 10.9 Å².